The number of carbonyl (C=O) groups is 1. The Bertz CT molecular complexity index is 444. The zero-order valence-corrected chi connectivity index (χ0v) is 9.52. The summed E-state index contributed by atoms with van der Waals surface area (Å²) in [5.74, 6) is -0.761. The highest BCUT2D eigenvalue weighted by molar-refractivity contribution is 5.96. The van der Waals surface area contributed by atoms with Crippen molar-refractivity contribution in [3.63, 3.8) is 0 Å². The average molecular weight is 253 g/mol. The third-order valence-electron chi connectivity index (χ3n) is 2.43. The third kappa shape index (κ3) is 3.44. The smallest absolute Gasteiger partial charge is 0.220 e. The zero-order chi connectivity index (χ0) is 13.7. The minimum Gasteiger partial charge on any atom is -0.409 e. The lowest BCUT2D eigenvalue weighted by atomic mass is 10.0. The molecule has 7 N–H and O–H groups in total. The van der Waals surface area contributed by atoms with E-state index >= 15 is 0 Å². The van der Waals surface area contributed by atoms with Crippen LogP contribution in [0.1, 0.15) is 23.7 Å². The second-order valence-corrected chi connectivity index (χ2v) is 3.79. The van der Waals surface area contributed by atoms with Crippen molar-refractivity contribution in [3.8, 4) is 0 Å². The Labute approximate surface area is 103 Å². The highest BCUT2D eigenvalue weighted by atomic mass is 16.4. The summed E-state index contributed by atoms with van der Waals surface area (Å²) in [7, 11) is 0. The number of hydrogen-bond donors (Lipinski definition) is 5. The minimum atomic E-state index is -1.27. The first kappa shape index (κ1) is 13.9. The number of amidine groups is 1. The fourth-order valence-electron chi connectivity index (χ4n) is 1.45. The van der Waals surface area contributed by atoms with E-state index in [2.05, 4.69) is 5.16 Å². The van der Waals surface area contributed by atoms with Gasteiger partial charge in [0.2, 0.25) is 5.91 Å². The van der Waals surface area contributed by atoms with Crippen LogP contribution >= 0.6 is 0 Å². The maximum Gasteiger partial charge on any atom is 0.220 e. The molecule has 1 rings (SSSR count). The molecular weight excluding hydrogens is 238 g/mol. The van der Waals surface area contributed by atoms with Crippen molar-refractivity contribution in [2.45, 2.75) is 18.6 Å². The van der Waals surface area contributed by atoms with Gasteiger partial charge in [0.25, 0.3) is 0 Å². The molecule has 98 valence electrons. The quantitative estimate of drug-likeness (QED) is 0.199. The van der Waals surface area contributed by atoms with Crippen LogP contribution in [0.2, 0.25) is 0 Å². The number of aliphatic hydroxyl groups excluding tert-OH is 2. The zero-order valence-electron chi connectivity index (χ0n) is 9.52. The molecule has 0 saturated carbocycles. The molecule has 0 radical (unpaired) electrons. The Morgan fingerprint density at radius 3 is 2.22 bits per heavy atom. The van der Waals surface area contributed by atoms with E-state index in [4.69, 9.17) is 16.7 Å². The molecule has 1 aromatic carbocycles. The van der Waals surface area contributed by atoms with Gasteiger partial charge in [-0.05, 0) is 5.56 Å². The molecule has 7 heteroatoms. The first-order valence-corrected chi connectivity index (χ1v) is 5.18. The molecular formula is C11H15N3O4. The van der Waals surface area contributed by atoms with Crippen molar-refractivity contribution in [1.82, 2.24) is 0 Å². The highest BCUT2D eigenvalue weighted by Crippen LogP contribution is 2.19. The van der Waals surface area contributed by atoms with E-state index in [0.717, 1.165) is 0 Å². The van der Waals surface area contributed by atoms with Crippen LogP contribution in [0, 0.1) is 0 Å². The minimum absolute atomic E-state index is 0.0614. The van der Waals surface area contributed by atoms with Gasteiger partial charge in [0.05, 0.1) is 12.5 Å². The van der Waals surface area contributed by atoms with Crippen molar-refractivity contribution >= 4 is 11.7 Å². The van der Waals surface area contributed by atoms with Gasteiger partial charge in [-0.25, -0.2) is 0 Å². The topological polar surface area (TPSA) is 142 Å². The molecule has 1 amide bonds. The van der Waals surface area contributed by atoms with E-state index < -0.39 is 18.1 Å². The van der Waals surface area contributed by atoms with Crippen molar-refractivity contribution in [2.75, 3.05) is 0 Å². The van der Waals surface area contributed by atoms with Crippen LogP contribution in [-0.2, 0) is 4.79 Å². The first-order chi connectivity index (χ1) is 8.45. The van der Waals surface area contributed by atoms with E-state index in [9.17, 15) is 15.0 Å². The normalized spacial score (nSPS) is 15.1. The standard InChI is InChI=1S/C11H15N3O4/c12-9(16)5-8(15)10(17)6-1-3-7(4-2-6)11(13)14-18/h1-4,8,10,15,17-18H,5H2,(H2,12,16)(H2,13,14). The molecule has 18 heavy (non-hydrogen) atoms. The average Bonchev–Trinajstić information content (AvgIpc) is 2.36. The number of benzene rings is 1. The molecule has 2 unspecified atom stereocenters. The molecule has 0 aromatic heterocycles. The summed E-state index contributed by atoms with van der Waals surface area (Å²) in [4.78, 5) is 10.6. The molecule has 0 saturated heterocycles. The van der Waals surface area contributed by atoms with E-state index in [1.165, 1.54) is 24.3 Å². The van der Waals surface area contributed by atoms with Gasteiger partial charge < -0.3 is 26.9 Å². The second-order valence-electron chi connectivity index (χ2n) is 3.79. The second kappa shape index (κ2) is 5.99. The SMILES string of the molecule is NC(=O)CC(O)C(O)c1ccc(C(N)=NO)cc1. The highest BCUT2D eigenvalue weighted by Gasteiger charge is 2.20. The van der Waals surface area contributed by atoms with E-state index in [1.54, 1.807) is 0 Å². The predicted octanol–water partition coefficient (Wildman–Crippen LogP) is -0.949. The van der Waals surface area contributed by atoms with Crippen LogP contribution in [0.4, 0.5) is 0 Å². The lowest BCUT2D eigenvalue weighted by molar-refractivity contribution is -0.121. The number of oxime groups is 1. The fraction of sp³-hybridized carbons (Fsp3) is 0.273. The Kier molecular flexibility index (Phi) is 4.64. The number of primary amides is 1. The van der Waals surface area contributed by atoms with Gasteiger partial charge in [-0.3, -0.25) is 4.79 Å². The summed E-state index contributed by atoms with van der Waals surface area (Å²) in [5.41, 5.74) is 11.2. The largest absolute Gasteiger partial charge is 0.409 e. The molecule has 0 heterocycles. The lowest BCUT2D eigenvalue weighted by Crippen LogP contribution is -2.25. The van der Waals surface area contributed by atoms with Crippen molar-refractivity contribution in [1.29, 1.82) is 0 Å². The van der Waals surface area contributed by atoms with Crippen molar-refractivity contribution < 1.29 is 20.2 Å². The lowest BCUT2D eigenvalue weighted by Gasteiger charge is -2.16. The molecule has 0 spiro atoms. The monoisotopic (exact) mass is 253 g/mol. The van der Waals surface area contributed by atoms with E-state index in [0.29, 0.717) is 11.1 Å². The van der Waals surface area contributed by atoms with Crippen LogP contribution in [0.15, 0.2) is 29.4 Å². The van der Waals surface area contributed by atoms with Crippen LogP contribution in [0.3, 0.4) is 0 Å². The summed E-state index contributed by atoms with van der Waals surface area (Å²) < 4.78 is 0. The van der Waals surface area contributed by atoms with Gasteiger partial charge in [-0.15, -0.1) is 0 Å². The number of aliphatic hydroxyl groups is 2. The molecule has 1 aromatic rings. The molecule has 7 nitrogen and oxygen atoms in total. The molecule has 2 atom stereocenters. The first-order valence-electron chi connectivity index (χ1n) is 5.18. The molecule has 0 aliphatic rings. The van der Waals surface area contributed by atoms with Gasteiger partial charge in [-0.1, -0.05) is 29.4 Å². The van der Waals surface area contributed by atoms with Gasteiger partial charge in [-0.2, -0.15) is 0 Å². The summed E-state index contributed by atoms with van der Waals surface area (Å²) in [6.07, 6.45) is -2.82. The van der Waals surface area contributed by atoms with Crippen LogP contribution in [0.25, 0.3) is 0 Å². The van der Waals surface area contributed by atoms with Crippen molar-refractivity contribution in [2.24, 2.45) is 16.6 Å². The molecule has 0 aliphatic carbocycles. The van der Waals surface area contributed by atoms with E-state index in [-0.39, 0.29) is 12.3 Å². The predicted molar refractivity (Wildman–Crippen MR) is 63.7 cm³/mol. The Hall–Kier alpha value is -2.12. The van der Waals surface area contributed by atoms with Gasteiger partial charge >= 0.3 is 0 Å². The Balaban J connectivity index is 2.81. The number of carbonyl (C=O) groups excluding carboxylic acids is 1. The van der Waals surface area contributed by atoms with Crippen LogP contribution in [-0.4, -0.2) is 33.3 Å². The summed E-state index contributed by atoms with van der Waals surface area (Å²) in [6.45, 7) is 0. The number of hydrogen-bond acceptors (Lipinski definition) is 5. The molecule has 0 bridgehead atoms. The third-order valence-corrected chi connectivity index (χ3v) is 2.43. The number of amides is 1. The summed E-state index contributed by atoms with van der Waals surface area (Å²) in [5, 5.41) is 30.6. The van der Waals surface area contributed by atoms with Crippen LogP contribution in [0.5, 0.6) is 0 Å². The number of nitrogens with two attached hydrogens (primary N) is 2. The number of rotatable bonds is 5. The Morgan fingerprint density at radius 1 is 1.22 bits per heavy atom. The van der Waals surface area contributed by atoms with Gasteiger partial charge in [0.15, 0.2) is 5.84 Å². The maximum absolute atomic E-state index is 10.6. The number of nitrogens with zero attached hydrogens (tertiary/aromatic N) is 1. The summed E-state index contributed by atoms with van der Waals surface area (Å²) >= 11 is 0. The molecule has 0 aliphatic heterocycles. The Morgan fingerprint density at radius 2 is 1.78 bits per heavy atom. The van der Waals surface area contributed by atoms with E-state index in [1.807, 2.05) is 0 Å². The van der Waals surface area contributed by atoms with Gasteiger partial charge in [0.1, 0.15) is 6.10 Å². The maximum atomic E-state index is 10.6. The van der Waals surface area contributed by atoms with Crippen molar-refractivity contribution in [3.05, 3.63) is 35.4 Å². The summed E-state index contributed by atoms with van der Waals surface area (Å²) in [6, 6.07) is 6.04. The van der Waals surface area contributed by atoms with Crippen LogP contribution < -0.4 is 11.5 Å². The molecule has 0 fully saturated rings. The van der Waals surface area contributed by atoms with Gasteiger partial charge in [0, 0.05) is 5.56 Å². The fourth-order valence-corrected chi connectivity index (χ4v) is 1.45.